The fourth-order valence-electron chi connectivity index (χ4n) is 2.17. The van der Waals surface area contributed by atoms with Gasteiger partial charge in [0.05, 0.1) is 12.2 Å². The first-order valence-corrected chi connectivity index (χ1v) is 6.37. The molecule has 3 nitrogen and oxygen atoms in total. The predicted octanol–water partition coefficient (Wildman–Crippen LogP) is 2.90. The second-order valence-electron chi connectivity index (χ2n) is 5.28. The van der Waals surface area contributed by atoms with Crippen LogP contribution in [0.5, 0.6) is 5.75 Å². The Morgan fingerprint density at radius 2 is 2.24 bits per heavy atom. The Labute approximate surface area is 104 Å². The number of ether oxygens (including phenoxy) is 1. The van der Waals surface area contributed by atoms with Crippen molar-refractivity contribution in [3.8, 4) is 5.75 Å². The summed E-state index contributed by atoms with van der Waals surface area (Å²) in [7, 11) is 0. The van der Waals surface area contributed by atoms with Crippen LogP contribution in [0.25, 0.3) is 0 Å². The Morgan fingerprint density at radius 1 is 1.47 bits per heavy atom. The van der Waals surface area contributed by atoms with E-state index in [4.69, 9.17) is 10.5 Å². The van der Waals surface area contributed by atoms with Crippen molar-refractivity contribution in [3.63, 3.8) is 0 Å². The summed E-state index contributed by atoms with van der Waals surface area (Å²) in [6.07, 6.45) is 1.44. The number of nitrogen functional groups attached to an aromatic ring is 1. The normalized spacial score (nSPS) is 19.1. The van der Waals surface area contributed by atoms with Gasteiger partial charge in [-0.3, -0.25) is 0 Å². The van der Waals surface area contributed by atoms with Crippen LogP contribution in [-0.2, 0) is 0 Å². The van der Waals surface area contributed by atoms with Crippen molar-refractivity contribution in [3.05, 3.63) is 18.2 Å². The molecule has 1 heterocycles. The van der Waals surface area contributed by atoms with Crippen molar-refractivity contribution < 1.29 is 4.74 Å². The fourth-order valence-corrected chi connectivity index (χ4v) is 2.17. The molecule has 0 bridgehead atoms. The van der Waals surface area contributed by atoms with Crippen molar-refractivity contribution in [2.24, 2.45) is 5.92 Å². The molecule has 0 saturated carbocycles. The molecule has 1 atom stereocenters. The molecule has 1 aromatic carbocycles. The lowest BCUT2D eigenvalue weighted by Gasteiger charge is -2.35. The van der Waals surface area contributed by atoms with Gasteiger partial charge in [-0.15, -0.1) is 0 Å². The molecule has 0 spiro atoms. The third kappa shape index (κ3) is 2.84. The van der Waals surface area contributed by atoms with E-state index in [1.807, 2.05) is 18.2 Å². The third-order valence-electron chi connectivity index (χ3n) is 3.11. The zero-order valence-corrected chi connectivity index (χ0v) is 10.9. The van der Waals surface area contributed by atoms with E-state index in [2.05, 4.69) is 25.7 Å². The maximum absolute atomic E-state index is 5.85. The average molecular weight is 234 g/mol. The van der Waals surface area contributed by atoms with Gasteiger partial charge >= 0.3 is 0 Å². The quantitative estimate of drug-likeness (QED) is 0.817. The molecule has 94 valence electrons. The molecule has 0 amide bonds. The van der Waals surface area contributed by atoms with Crippen molar-refractivity contribution in [1.82, 2.24) is 0 Å². The van der Waals surface area contributed by atoms with E-state index in [0.717, 1.165) is 36.1 Å². The lowest BCUT2D eigenvalue weighted by Crippen LogP contribution is -2.39. The van der Waals surface area contributed by atoms with Crippen LogP contribution in [0, 0.1) is 5.92 Å². The van der Waals surface area contributed by atoms with E-state index < -0.39 is 0 Å². The lowest BCUT2D eigenvalue weighted by atomic mass is 10.1. The number of rotatable bonds is 3. The summed E-state index contributed by atoms with van der Waals surface area (Å²) in [6, 6.07) is 5.89. The number of nitrogens with zero attached hydrogens (tertiary/aromatic N) is 1. The van der Waals surface area contributed by atoms with Crippen molar-refractivity contribution in [2.45, 2.75) is 33.3 Å². The third-order valence-corrected chi connectivity index (χ3v) is 3.11. The largest absolute Gasteiger partial charge is 0.487 e. The molecule has 1 aliphatic heterocycles. The van der Waals surface area contributed by atoms with Crippen LogP contribution in [0.3, 0.4) is 0 Å². The van der Waals surface area contributed by atoms with E-state index >= 15 is 0 Å². The Balaban J connectivity index is 2.20. The number of fused-ring (bicyclic) bond motifs is 1. The Bertz CT molecular complexity index is 390. The summed E-state index contributed by atoms with van der Waals surface area (Å²) >= 11 is 0. The number of nitrogens with two attached hydrogens (primary N) is 1. The van der Waals surface area contributed by atoms with Gasteiger partial charge in [-0.2, -0.15) is 0 Å². The number of anilines is 2. The molecule has 1 unspecified atom stereocenters. The predicted molar refractivity (Wildman–Crippen MR) is 72.6 cm³/mol. The van der Waals surface area contributed by atoms with Crippen LogP contribution < -0.4 is 15.4 Å². The summed E-state index contributed by atoms with van der Waals surface area (Å²) in [5.41, 5.74) is 7.80. The summed E-state index contributed by atoms with van der Waals surface area (Å²) in [5.74, 6) is 1.68. The van der Waals surface area contributed by atoms with Crippen LogP contribution in [-0.4, -0.2) is 19.2 Å². The van der Waals surface area contributed by atoms with Gasteiger partial charge in [0, 0.05) is 12.2 Å². The topological polar surface area (TPSA) is 38.5 Å². The average Bonchev–Trinajstić information content (AvgIpc) is 2.26. The van der Waals surface area contributed by atoms with Gasteiger partial charge < -0.3 is 15.4 Å². The molecular formula is C14H22N2O. The monoisotopic (exact) mass is 234 g/mol. The standard InChI is InChI=1S/C14H22N2O/c1-10(2)6-7-16-9-11(3)17-14-5-4-12(15)8-13(14)16/h4-5,8,10-11H,6-7,9,15H2,1-3H3. The molecule has 0 radical (unpaired) electrons. The van der Waals surface area contributed by atoms with E-state index in [1.54, 1.807) is 0 Å². The number of hydrogen-bond donors (Lipinski definition) is 1. The van der Waals surface area contributed by atoms with Crippen molar-refractivity contribution in [2.75, 3.05) is 23.7 Å². The van der Waals surface area contributed by atoms with E-state index in [1.165, 1.54) is 6.42 Å². The summed E-state index contributed by atoms with van der Waals surface area (Å²) in [5, 5.41) is 0. The number of hydrogen-bond acceptors (Lipinski definition) is 3. The van der Waals surface area contributed by atoms with Crippen molar-refractivity contribution in [1.29, 1.82) is 0 Å². The van der Waals surface area contributed by atoms with Crippen LogP contribution in [0.15, 0.2) is 18.2 Å². The van der Waals surface area contributed by atoms with E-state index in [0.29, 0.717) is 0 Å². The van der Waals surface area contributed by atoms with Gasteiger partial charge in [0.25, 0.3) is 0 Å². The first kappa shape index (κ1) is 12.1. The molecule has 0 saturated heterocycles. The van der Waals surface area contributed by atoms with Gasteiger partial charge in [0.2, 0.25) is 0 Å². The minimum atomic E-state index is 0.248. The van der Waals surface area contributed by atoms with Gasteiger partial charge in [-0.1, -0.05) is 13.8 Å². The number of benzene rings is 1. The minimum Gasteiger partial charge on any atom is -0.487 e. The first-order valence-electron chi connectivity index (χ1n) is 6.37. The van der Waals surface area contributed by atoms with Crippen molar-refractivity contribution >= 4 is 11.4 Å². The van der Waals surface area contributed by atoms with Crippen LogP contribution in [0.1, 0.15) is 27.2 Å². The highest BCUT2D eigenvalue weighted by Crippen LogP contribution is 2.35. The second-order valence-corrected chi connectivity index (χ2v) is 5.28. The summed E-state index contributed by atoms with van der Waals surface area (Å²) < 4.78 is 5.83. The van der Waals surface area contributed by atoms with Crippen LogP contribution in [0.2, 0.25) is 0 Å². The lowest BCUT2D eigenvalue weighted by molar-refractivity contribution is 0.212. The Morgan fingerprint density at radius 3 is 2.94 bits per heavy atom. The molecular weight excluding hydrogens is 212 g/mol. The fraction of sp³-hybridized carbons (Fsp3) is 0.571. The smallest absolute Gasteiger partial charge is 0.143 e. The van der Waals surface area contributed by atoms with Gasteiger partial charge in [0.1, 0.15) is 11.9 Å². The first-order chi connectivity index (χ1) is 8.06. The SMILES string of the molecule is CC(C)CCN1CC(C)Oc2ccc(N)cc21. The van der Waals surface area contributed by atoms with Crippen LogP contribution >= 0.6 is 0 Å². The van der Waals surface area contributed by atoms with Gasteiger partial charge in [-0.05, 0) is 37.5 Å². The zero-order chi connectivity index (χ0) is 12.4. The molecule has 0 aliphatic carbocycles. The Hall–Kier alpha value is -1.38. The van der Waals surface area contributed by atoms with Gasteiger partial charge in [-0.25, -0.2) is 0 Å². The zero-order valence-electron chi connectivity index (χ0n) is 10.9. The molecule has 2 N–H and O–H groups in total. The van der Waals surface area contributed by atoms with E-state index in [9.17, 15) is 0 Å². The van der Waals surface area contributed by atoms with E-state index in [-0.39, 0.29) is 6.10 Å². The Kier molecular flexibility index (Phi) is 3.46. The second kappa shape index (κ2) is 4.86. The molecule has 0 aromatic heterocycles. The molecule has 1 aliphatic rings. The molecule has 3 heteroatoms. The summed E-state index contributed by atoms with van der Waals surface area (Å²) in [6.45, 7) is 8.64. The highest BCUT2D eigenvalue weighted by atomic mass is 16.5. The highest BCUT2D eigenvalue weighted by molar-refractivity contribution is 5.66. The molecule has 1 aromatic rings. The minimum absolute atomic E-state index is 0.248. The molecule has 0 fully saturated rings. The molecule has 17 heavy (non-hydrogen) atoms. The maximum Gasteiger partial charge on any atom is 0.143 e. The van der Waals surface area contributed by atoms with Crippen LogP contribution in [0.4, 0.5) is 11.4 Å². The highest BCUT2D eigenvalue weighted by Gasteiger charge is 2.22. The van der Waals surface area contributed by atoms with Gasteiger partial charge in [0.15, 0.2) is 0 Å². The summed E-state index contributed by atoms with van der Waals surface area (Å²) in [4.78, 5) is 2.39. The maximum atomic E-state index is 5.85. The molecule has 2 rings (SSSR count).